The maximum atomic E-state index is 13.5. The number of halogens is 3. The molecule has 2 N–H and O–H groups in total. The molecule has 5 rings (SSSR count). The predicted molar refractivity (Wildman–Crippen MR) is 115 cm³/mol. The molecule has 0 bridgehead atoms. The molecule has 3 fully saturated rings. The maximum absolute atomic E-state index is 13.5. The Morgan fingerprint density at radius 1 is 1.06 bits per heavy atom. The number of imide groups is 2. The number of aromatic hydroxyl groups is 1. The highest BCUT2D eigenvalue weighted by molar-refractivity contribution is 9.09. The largest absolute Gasteiger partial charge is 0.508 e. The summed E-state index contributed by atoms with van der Waals surface area (Å²) in [7, 11) is 0. The van der Waals surface area contributed by atoms with Crippen molar-refractivity contribution in [1.29, 1.82) is 0 Å². The van der Waals surface area contributed by atoms with Gasteiger partial charge in [-0.05, 0) is 24.8 Å². The van der Waals surface area contributed by atoms with Crippen molar-refractivity contribution in [2.24, 2.45) is 17.8 Å². The van der Waals surface area contributed by atoms with Gasteiger partial charge in [-0.1, -0.05) is 45.8 Å². The number of alkyl halides is 3. The number of likely N-dealkylation sites (tertiary alicyclic amines) is 1. The second kappa shape index (κ2) is 7.03. The monoisotopic (exact) mass is 542 g/mol. The number of fused-ring (bicyclic) bond motifs is 4. The van der Waals surface area contributed by atoms with E-state index in [0.29, 0.717) is 5.57 Å². The summed E-state index contributed by atoms with van der Waals surface area (Å²) in [5, 5.41) is 20.7. The van der Waals surface area contributed by atoms with Gasteiger partial charge in [0.25, 0.3) is 23.6 Å². The summed E-state index contributed by atoms with van der Waals surface area (Å²) < 4.78 is 0. The Morgan fingerprint density at radius 2 is 1.75 bits per heavy atom. The fraction of sp³-hybridized carbons (Fsp3) is 0.429. The van der Waals surface area contributed by atoms with Crippen LogP contribution in [0.5, 0.6) is 5.75 Å². The lowest BCUT2D eigenvalue weighted by Crippen LogP contribution is -2.60. The molecule has 2 heterocycles. The summed E-state index contributed by atoms with van der Waals surface area (Å²) in [5.41, 5.74) is 0.712. The van der Waals surface area contributed by atoms with Crippen molar-refractivity contribution in [3.63, 3.8) is 0 Å². The number of amides is 4. The van der Waals surface area contributed by atoms with E-state index in [0.717, 1.165) is 4.90 Å². The number of nitrogens with zero attached hydrogens (tertiary/aromatic N) is 2. The van der Waals surface area contributed by atoms with Crippen LogP contribution in [0.15, 0.2) is 35.9 Å². The van der Waals surface area contributed by atoms with Gasteiger partial charge >= 0.3 is 0 Å². The van der Waals surface area contributed by atoms with Crippen molar-refractivity contribution in [3.05, 3.63) is 41.5 Å². The van der Waals surface area contributed by atoms with Crippen LogP contribution in [-0.4, -0.2) is 59.1 Å². The topological polar surface area (TPSA) is 115 Å². The minimum atomic E-state index is -1.96. The third-order valence-electron chi connectivity index (χ3n) is 7.24. The Morgan fingerprint density at radius 3 is 2.41 bits per heavy atom. The number of phenols is 1. The molecular weight excluding hydrogens is 527 g/mol. The molecule has 6 atom stereocenters. The van der Waals surface area contributed by atoms with E-state index >= 15 is 0 Å². The Balaban J connectivity index is 1.77. The number of benzene rings is 1. The first-order valence-electron chi connectivity index (χ1n) is 9.94. The van der Waals surface area contributed by atoms with Gasteiger partial charge in [0.15, 0.2) is 9.75 Å². The summed E-state index contributed by atoms with van der Waals surface area (Å²) in [4.78, 5) is 49.0. The first-order chi connectivity index (χ1) is 15.1. The molecule has 1 aromatic rings. The van der Waals surface area contributed by atoms with Crippen LogP contribution in [0.25, 0.3) is 0 Å². The van der Waals surface area contributed by atoms with E-state index in [1.165, 1.54) is 6.07 Å². The molecule has 4 aliphatic rings. The van der Waals surface area contributed by atoms with E-state index < -0.39 is 57.0 Å². The fourth-order valence-corrected chi connectivity index (χ4v) is 7.23. The molecule has 8 nitrogen and oxygen atoms in total. The van der Waals surface area contributed by atoms with Gasteiger partial charge in [-0.25, -0.2) is 0 Å². The molecule has 4 amide bonds. The first-order valence-corrected chi connectivity index (χ1v) is 11.8. The van der Waals surface area contributed by atoms with Crippen molar-refractivity contribution >= 4 is 62.8 Å². The molecule has 0 radical (unpaired) electrons. The van der Waals surface area contributed by atoms with E-state index in [4.69, 9.17) is 23.2 Å². The molecule has 1 saturated carbocycles. The maximum Gasteiger partial charge on any atom is 0.257 e. The molecule has 6 unspecified atom stereocenters. The lowest BCUT2D eigenvalue weighted by Gasteiger charge is -2.50. The van der Waals surface area contributed by atoms with E-state index in [9.17, 15) is 29.5 Å². The van der Waals surface area contributed by atoms with Crippen LogP contribution in [0.4, 0.5) is 0 Å². The van der Waals surface area contributed by atoms with Crippen LogP contribution in [0.3, 0.4) is 0 Å². The third-order valence-corrected chi connectivity index (χ3v) is 9.15. The Labute approximate surface area is 200 Å². The average molecular weight is 544 g/mol. The van der Waals surface area contributed by atoms with Gasteiger partial charge in [0.2, 0.25) is 0 Å². The van der Waals surface area contributed by atoms with Crippen LogP contribution in [0, 0.1) is 17.8 Å². The van der Waals surface area contributed by atoms with Crippen LogP contribution >= 0.6 is 39.1 Å². The minimum absolute atomic E-state index is 0.122. The Kier molecular flexibility index (Phi) is 4.81. The smallest absolute Gasteiger partial charge is 0.257 e. The van der Waals surface area contributed by atoms with Gasteiger partial charge < -0.3 is 5.11 Å². The predicted octanol–water partition coefficient (Wildman–Crippen LogP) is 2.49. The van der Waals surface area contributed by atoms with Gasteiger partial charge in [-0.2, -0.15) is 5.06 Å². The lowest BCUT2D eigenvalue weighted by atomic mass is 9.56. The molecule has 2 aliphatic heterocycles. The number of carbonyl (C=O) groups excluding carboxylic acids is 4. The number of carbonyl (C=O) groups is 4. The number of para-hydroxylation sites is 1. The summed E-state index contributed by atoms with van der Waals surface area (Å²) in [6.45, 7) is 0. The van der Waals surface area contributed by atoms with Crippen LogP contribution in [-0.2, 0) is 19.2 Å². The second-order valence-electron chi connectivity index (χ2n) is 8.53. The molecule has 11 heteroatoms. The quantitative estimate of drug-likeness (QED) is 0.195. The van der Waals surface area contributed by atoms with Crippen molar-refractivity contribution in [3.8, 4) is 5.75 Å². The van der Waals surface area contributed by atoms with Gasteiger partial charge in [0, 0.05) is 11.5 Å². The van der Waals surface area contributed by atoms with Gasteiger partial charge in [0.05, 0.1) is 17.3 Å². The first kappa shape index (κ1) is 21.9. The van der Waals surface area contributed by atoms with E-state index in [1.54, 1.807) is 24.3 Å². The molecule has 2 aliphatic carbocycles. The highest BCUT2D eigenvalue weighted by Crippen LogP contribution is 2.66. The number of hydrogen-bond acceptors (Lipinski definition) is 6. The Bertz CT molecular complexity index is 1130. The number of hydroxylamine groups is 2. The van der Waals surface area contributed by atoms with Gasteiger partial charge in [-0.3, -0.25) is 29.3 Å². The normalized spacial score (nSPS) is 38.6. The highest BCUT2D eigenvalue weighted by atomic mass is 79.9. The zero-order valence-corrected chi connectivity index (χ0v) is 19.5. The molecule has 1 aromatic carbocycles. The summed E-state index contributed by atoms with van der Waals surface area (Å²) >= 11 is 17.1. The van der Waals surface area contributed by atoms with Gasteiger partial charge in [0.1, 0.15) is 5.75 Å². The van der Waals surface area contributed by atoms with Crippen molar-refractivity contribution in [2.45, 2.75) is 28.5 Å². The molecule has 32 heavy (non-hydrogen) atoms. The van der Waals surface area contributed by atoms with Crippen LogP contribution < -0.4 is 0 Å². The number of allylic oxidation sites excluding steroid dienone is 2. The van der Waals surface area contributed by atoms with Crippen LogP contribution in [0.2, 0.25) is 0 Å². The second-order valence-corrected chi connectivity index (χ2v) is 10.3. The van der Waals surface area contributed by atoms with Crippen LogP contribution in [0.1, 0.15) is 24.3 Å². The van der Waals surface area contributed by atoms with Crippen molar-refractivity contribution < 1.29 is 29.5 Å². The lowest BCUT2D eigenvalue weighted by molar-refractivity contribution is -0.173. The minimum Gasteiger partial charge on any atom is -0.508 e. The standard InChI is InChI=1S/C21H17BrCl2N2O6/c22-8-25-18(30)20(23)7-12-9(5-6-11-14(12)17(29)26(32)16(11)28)15(21(20,24)19(25)31)10-3-1-2-4-13(10)27/h1-5,11-12,14-15,27,32H,6-8H2. The highest BCUT2D eigenvalue weighted by Gasteiger charge is 2.76. The summed E-state index contributed by atoms with van der Waals surface area (Å²) in [6.07, 6.45) is 1.70. The van der Waals surface area contributed by atoms with E-state index in [2.05, 4.69) is 15.9 Å². The SMILES string of the molecule is O=C1C2CC=C3C(CC4(Cl)C(=O)N(CBr)C(=O)C4(Cl)C3c3ccccc3O)C2C(=O)N1O. The molecule has 0 spiro atoms. The molecular formula is C21H17BrCl2N2O6. The summed E-state index contributed by atoms with van der Waals surface area (Å²) in [6, 6.07) is 6.29. The van der Waals surface area contributed by atoms with Gasteiger partial charge in [-0.15, -0.1) is 23.2 Å². The van der Waals surface area contributed by atoms with Crippen molar-refractivity contribution in [1.82, 2.24) is 9.96 Å². The molecule has 168 valence electrons. The van der Waals surface area contributed by atoms with Crippen molar-refractivity contribution in [2.75, 3.05) is 5.45 Å². The zero-order chi connectivity index (χ0) is 23.2. The number of hydrogen-bond donors (Lipinski definition) is 2. The zero-order valence-electron chi connectivity index (χ0n) is 16.4. The average Bonchev–Trinajstić information content (AvgIpc) is 3.07. The fourth-order valence-electron chi connectivity index (χ4n) is 5.81. The third kappa shape index (κ3) is 2.42. The molecule has 0 aromatic heterocycles. The molecule has 2 saturated heterocycles. The van der Waals surface area contributed by atoms with E-state index in [-0.39, 0.29) is 34.7 Å². The number of rotatable bonds is 2. The number of phenolic OH excluding ortho intramolecular Hbond substituents is 1. The van der Waals surface area contributed by atoms with E-state index in [1.807, 2.05) is 0 Å². The Hall–Kier alpha value is -1.94. The summed E-state index contributed by atoms with van der Waals surface area (Å²) in [5.74, 6) is -6.55.